The molecule has 0 unspecified atom stereocenters. The second kappa shape index (κ2) is 10.3. The van der Waals surface area contributed by atoms with Crippen molar-refractivity contribution in [3.05, 3.63) is 114 Å². The minimum Gasteiger partial charge on any atom is -0.272 e. The Bertz CT molecular complexity index is 1440. The molecule has 0 bridgehead atoms. The zero-order chi connectivity index (χ0) is 24.9. The third-order valence-corrected chi connectivity index (χ3v) is 5.55. The molecule has 0 aliphatic carbocycles. The molecule has 1 heterocycles. The SMILES string of the molecule is O=[N+]([O-])c1ccc(NN=Cc2cn(Cc3ccc(Cl)cc3Cl)nc2-c2ccccc2)c([N+](=O)[O-])c1. The van der Waals surface area contributed by atoms with Gasteiger partial charge in [0, 0.05) is 33.4 Å². The summed E-state index contributed by atoms with van der Waals surface area (Å²) in [7, 11) is 0. The Kier molecular flexibility index (Phi) is 7.04. The summed E-state index contributed by atoms with van der Waals surface area (Å²) in [6.07, 6.45) is 3.24. The van der Waals surface area contributed by atoms with Crippen molar-refractivity contribution in [1.29, 1.82) is 0 Å². The lowest BCUT2D eigenvalue weighted by atomic mass is 10.1. The van der Waals surface area contributed by atoms with Gasteiger partial charge in [-0.15, -0.1) is 0 Å². The van der Waals surface area contributed by atoms with E-state index in [1.54, 1.807) is 23.0 Å². The zero-order valence-corrected chi connectivity index (χ0v) is 19.3. The van der Waals surface area contributed by atoms with Crippen LogP contribution in [0, 0.1) is 20.2 Å². The lowest BCUT2D eigenvalue weighted by molar-refractivity contribution is -0.393. The van der Waals surface area contributed by atoms with Gasteiger partial charge in [-0.05, 0) is 23.8 Å². The third kappa shape index (κ3) is 5.62. The van der Waals surface area contributed by atoms with E-state index in [4.69, 9.17) is 23.2 Å². The van der Waals surface area contributed by atoms with Crippen LogP contribution in [0.5, 0.6) is 0 Å². The molecule has 0 amide bonds. The number of nitrogens with zero attached hydrogens (tertiary/aromatic N) is 5. The second-order valence-electron chi connectivity index (χ2n) is 7.32. The maximum Gasteiger partial charge on any atom is 0.301 e. The first-order chi connectivity index (χ1) is 16.8. The van der Waals surface area contributed by atoms with Crippen LogP contribution in [-0.4, -0.2) is 25.8 Å². The molecule has 0 aliphatic heterocycles. The van der Waals surface area contributed by atoms with Crippen molar-refractivity contribution in [3.8, 4) is 11.3 Å². The molecule has 0 radical (unpaired) electrons. The lowest BCUT2D eigenvalue weighted by Gasteiger charge is -2.05. The Balaban J connectivity index is 1.65. The molecule has 0 aliphatic rings. The van der Waals surface area contributed by atoms with E-state index in [1.807, 2.05) is 36.4 Å². The zero-order valence-electron chi connectivity index (χ0n) is 17.8. The maximum absolute atomic E-state index is 11.4. The van der Waals surface area contributed by atoms with Gasteiger partial charge in [0.05, 0.1) is 28.7 Å². The van der Waals surface area contributed by atoms with Crippen LogP contribution in [0.2, 0.25) is 10.0 Å². The van der Waals surface area contributed by atoms with Crippen LogP contribution in [0.3, 0.4) is 0 Å². The molecule has 10 nitrogen and oxygen atoms in total. The van der Waals surface area contributed by atoms with Gasteiger partial charge in [0.2, 0.25) is 0 Å². The van der Waals surface area contributed by atoms with Crippen molar-refractivity contribution in [2.24, 2.45) is 5.10 Å². The van der Waals surface area contributed by atoms with Crippen molar-refractivity contribution in [1.82, 2.24) is 9.78 Å². The van der Waals surface area contributed by atoms with Gasteiger partial charge in [0.15, 0.2) is 0 Å². The average Bonchev–Trinajstić information content (AvgIpc) is 3.24. The molecular formula is C23H16Cl2N6O4. The number of anilines is 1. The molecule has 12 heteroatoms. The summed E-state index contributed by atoms with van der Waals surface area (Å²) < 4.78 is 1.70. The fourth-order valence-electron chi connectivity index (χ4n) is 3.31. The number of nitro benzene ring substituents is 2. The van der Waals surface area contributed by atoms with Crippen LogP contribution in [0.4, 0.5) is 17.1 Å². The first-order valence-corrected chi connectivity index (χ1v) is 10.9. The van der Waals surface area contributed by atoms with E-state index in [-0.39, 0.29) is 11.4 Å². The topological polar surface area (TPSA) is 128 Å². The van der Waals surface area contributed by atoms with Gasteiger partial charge >= 0.3 is 5.69 Å². The van der Waals surface area contributed by atoms with Crippen LogP contribution < -0.4 is 5.43 Å². The molecule has 0 saturated carbocycles. The Hall–Kier alpha value is -4.28. The van der Waals surface area contributed by atoms with Crippen molar-refractivity contribution >= 4 is 46.5 Å². The van der Waals surface area contributed by atoms with Gasteiger partial charge in [0.1, 0.15) is 11.4 Å². The summed E-state index contributed by atoms with van der Waals surface area (Å²) in [5.41, 5.74) is 4.69. The number of nitro groups is 2. The molecule has 3 aromatic carbocycles. The Labute approximate surface area is 208 Å². The van der Waals surface area contributed by atoms with E-state index in [9.17, 15) is 20.2 Å². The molecule has 1 N–H and O–H groups in total. The van der Waals surface area contributed by atoms with E-state index in [0.29, 0.717) is 27.8 Å². The molecule has 4 rings (SSSR count). The Morgan fingerprint density at radius 3 is 2.46 bits per heavy atom. The fraction of sp³-hybridized carbons (Fsp3) is 0.0435. The molecular weight excluding hydrogens is 495 g/mol. The van der Waals surface area contributed by atoms with Crippen molar-refractivity contribution in [2.45, 2.75) is 6.54 Å². The summed E-state index contributed by atoms with van der Waals surface area (Å²) in [6, 6.07) is 17.9. The molecule has 4 aromatic rings. The Morgan fingerprint density at radius 1 is 1.00 bits per heavy atom. The number of aromatic nitrogens is 2. The first kappa shape index (κ1) is 23.9. The minimum atomic E-state index is -0.714. The van der Waals surface area contributed by atoms with Crippen LogP contribution >= 0.6 is 23.2 Å². The number of benzene rings is 3. The maximum atomic E-state index is 11.4. The molecule has 0 saturated heterocycles. The third-order valence-electron chi connectivity index (χ3n) is 4.96. The number of rotatable bonds is 8. The van der Waals surface area contributed by atoms with E-state index in [2.05, 4.69) is 15.6 Å². The summed E-state index contributed by atoms with van der Waals surface area (Å²) in [5.74, 6) is 0. The molecule has 176 valence electrons. The Morgan fingerprint density at radius 2 is 1.77 bits per heavy atom. The number of hydrogen-bond donors (Lipinski definition) is 1. The summed E-state index contributed by atoms with van der Waals surface area (Å²) >= 11 is 12.3. The highest BCUT2D eigenvalue weighted by Crippen LogP contribution is 2.29. The standard InChI is InChI=1S/C23H16Cl2N6O4/c24-18-7-6-16(20(25)10-18)13-29-14-17(23(28-29)15-4-2-1-3-5-15)12-26-27-21-9-8-19(30(32)33)11-22(21)31(34)35/h1-12,14,27H,13H2. The van der Waals surface area contributed by atoms with Gasteiger partial charge < -0.3 is 0 Å². The average molecular weight is 511 g/mol. The highest BCUT2D eigenvalue weighted by molar-refractivity contribution is 6.35. The molecule has 0 spiro atoms. The number of hydrogen-bond acceptors (Lipinski definition) is 7. The highest BCUT2D eigenvalue weighted by Gasteiger charge is 2.19. The molecule has 35 heavy (non-hydrogen) atoms. The van der Waals surface area contributed by atoms with Crippen LogP contribution in [0.25, 0.3) is 11.3 Å². The molecule has 0 atom stereocenters. The van der Waals surface area contributed by atoms with Crippen LogP contribution in [0.15, 0.2) is 78.0 Å². The summed E-state index contributed by atoms with van der Waals surface area (Å²) in [5, 5.41) is 32.1. The van der Waals surface area contributed by atoms with E-state index >= 15 is 0 Å². The highest BCUT2D eigenvalue weighted by atomic mass is 35.5. The summed E-state index contributed by atoms with van der Waals surface area (Å²) in [6.45, 7) is 0.380. The monoisotopic (exact) mass is 510 g/mol. The fourth-order valence-corrected chi connectivity index (χ4v) is 3.78. The smallest absolute Gasteiger partial charge is 0.272 e. The van der Waals surface area contributed by atoms with E-state index in [0.717, 1.165) is 23.3 Å². The quantitative estimate of drug-likeness (QED) is 0.171. The number of halogens is 2. The van der Waals surface area contributed by atoms with Gasteiger partial charge in [0.25, 0.3) is 5.69 Å². The van der Waals surface area contributed by atoms with Crippen molar-refractivity contribution < 1.29 is 9.85 Å². The van der Waals surface area contributed by atoms with Crippen LogP contribution in [-0.2, 0) is 6.54 Å². The predicted molar refractivity (Wildman–Crippen MR) is 134 cm³/mol. The minimum absolute atomic E-state index is 0.0125. The normalized spacial score (nSPS) is 11.0. The van der Waals surface area contributed by atoms with Crippen molar-refractivity contribution in [2.75, 3.05) is 5.43 Å². The second-order valence-corrected chi connectivity index (χ2v) is 8.16. The van der Waals surface area contributed by atoms with E-state index in [1.165, 1.54) is 12.3 Å². The van der Waals surface area contributed by atoms with Gasteiger partial charge in [-0.1, -0.05) is 59.6 Å². The molecule has 1 aromatic heterocycles. The van der Waals surface area contributed by atoms with Crippen molar-refractivity contribution in [3.63, 3.8) is 0 Å². The summed E-state index contributed by atoms with van der Waals surface area (Å²) in [4.78, 5) is 20.9. The molecule has 0 fully saturated rings. The number of non-ortho nitro benzene ring substituents is 1. The number of nitrogens with one attached hydrogen (secondary N) is 1. The number of hydrazone groups is 1. The van der Waals surface area contributed by atoms with Crippen LogP contribution in [0.1, 0.15) is 11.1 Å². The largest absolute Gasteiger partial charge is 0.301 e. The van der Waals surface area contributed by atoms with Gasteiger partial charge in [-0.3, -0.25) is 30.3 Å². The first-order valence-electron chi connectivity index (χ1n) is 10.1. The van der Waals surface area contributed by atoms with E-state index < -0.39 is 15.5 Å². The predicted octanol–water partition coefficient (Wildman–Crippen LogP) is 6.17. The van der Waals surface area contributed by atoms with Gasteiger partial charge in [-0.2, -0.15) is 10.2 Å². The lowest BCUT2D eigenvalue weighted by Crippen LogP contribution is -2.01. The van der Waals surface area contributed by atoms with Gasteiger partial charge in [-0.25, -0.2) is 0 Å².